The SMILES string of the molecule is CCCCC(C(=O)O)C(C)(O)Cc1ccc(Cl)cc1. The molecule has 0 bridgehead atoms. The first kappa shape index (κ1) is 16.0. The van der Waals surface area contributed by atoms with E-state index in [0.717, 1.165) is 18.4 Å². The fourth-order valence-electron chi connectivity index (χ4n) is 2.25. The van der Waals surface area contributed by atoms with Crippen molar-refractivity contribution in [2.75, 3.05) is 0 Å². The largest absolute Gasteiger partial charge is 0.481 e. The van der Waals surface area contributed by atoms with Crippen LogP contribution in [0.5, 0.6) is 0 Å². The van der Waals surface area contributed by atoms with Gasteiger partial charge in [0.25, 0.3) is 0 Å². The van der Waals surface area contributed by atoms with Gasteiger partial charge in [0.15, 0.2) is 0 Å². The highest BCUT2D eigenvalue weighted by Gasteiger charge is 2.36. The Balaban J connectivity index is 2.81. The van der Waals surface area contributed by atoms with Gasteiger partial charge in [-0.15, -0.1) is 0 Å². The number of halogens is 1. The van der Waals surface area contributed by atoms with Gasteiger partial charge in [0.05, 0.1) is 11.5 Å². The second-order valence-corrected chi connectivity index (χ2v) is 5.63. The van der Waals surface area contributed by atoms with Gasteiger partial charge in [-0.2, -0.15) is 0 Å². The van der Waals surface area contributed by atoms with Crippen molar-refractivity contribution in [2.45, 2.75) is 45.1 Å². The van der Waals surface area contributed by atoms with E-state index in [0.29, 0.717) is 17.9 Å². The lowest BCUT2D eigenvalue weighted by atomic mass is 9.81. The number of aliphatic carboxylic acids is 1. The van der Waals surface area contributed by atoms with Gasteiger partial charge >= 0.3 is 5.97 Å². The van der Waals surface area contributed by atoms with E-state index in [1.165, 1.54) is 0 Å². The van der Waals surface area contributed by atoms with Crippen molar-refractivity contribution in [3.63, 3.8) is 0 Å². The van der Waals surface area contributed by atoms with Gasteiger partial charge < -0.3 is 10.2 Å². The Morgan fingerprint density at radius 1 is 1.37 bits per heavy atom. The first-order valence-electron chi connectivity index (χ1n) is 6.56. The summed E-state index contributed by atoms with van der Waals surface area (Å²) < 4.78 is 0. The van der Waals surface area contributed by atoms with Crippen molar-refractivity contribution in [1.29, 1.82) is 0 Å². The summed E-state index contributed by atoms with van der Waals surface area (Å²) in [4.78, 5) is 11.3. The summed E-state index contributed by atoms with van der Waals surface area (Å²) in [6.45, 7) is 3.60. The number of carbonyl (C=O) groups is 1. The van der Waals surface area contributed by atoms with Crippen LogP contribution in [0.3, 0.4) is 0 Å². The first-order chi connectivity index (χ1) is 8.86. The van der Waals surface area contributed by atoms with E-state index < -0.39 is 17.5 Å². The number of hydrogen-bond donors (Lipinski definition) is 2. The minimum absolute atomic E-state index is 0.310. The fourth-order valence-corrected chi connectivity index (χ4v) is 2.37. The molecule has 0 spiro atoms. The average Bonchev–Trinajstić information content (AvgIpc) is 2.31. The maximum atomic E-state index is 11.3. The number of rotatable bonds is 7. The van der Waals surface area contributed by atoms with Crippen molar-refractivity contribution in [2.24, 2.45) is 5.92 Å². The molecule has 0 aromatic heterocycles. The minimum atomic E-state index is -1.26. The Kier molecular flexibility index (Phi) is 5.83. The Morgan fingerprint density at radius 3 is 2.42 bits per heavy atom. The molecule has 0 aliphatic rings. The van der Waals surface area contributed by atoms with Gasteiger partial charge in [-0.05, 0) is 31.0 Å². The van der Waals surface area contributed by atoms with E-state index in [9.17, 15) is 15.0 Å². The van der Waals surface area contributed by atoms with Crippen LogP contribution in [0.1, 0.15) is 38.7 Å². The Bertz CT molecular complexity index is 412. The molecule has 0 aliphatic heterocycles. The van der Waals surface area contributed by atoms with E-state index >= 15 is 0 Å². The molecule has 0 heterocycles. The minimum Gasteiger partial charge on any atom is -0.481 e. The molecule has 0 saturated carbocycles. The molecule has 2 atom stereocenters. The van der Waals surface area contributed by atoms with Crippen molar-refractivity contribution in [1.82, 2.24) is 0 Å². The first-order valence-corrected chi connectivity index (χ1v) is 6.94. The maximum absolute atomic E-state index is 11.3. The fraction of sp³-hybridized carbons (Fsp3) is 0.533. The van der Waals surface area contributed by atoms with Crippen LogP contribution in [0, 0.1) is 5.92 Å². The normalized spacial score (nSPS) is 15.8. The van der Waals surface area contributed by atoms with Gasteiger partial charge in [-0.25, -0.2) is 0 Å². The Morgan fingerprint density at radius 2 is 1.95 bits per heavy atom. The van der Waals surface area contributed by atoms with E-state index in [1.807, 2.05) is 19.1 Å². The van der Waals surface area contributed by atoms with Crippen LogP contribution >= 0.6 is 11.6 Å². The zero-order chi connectivity index (χ0) is 14.5. The molecule has 0 fully saturated rings. The third kappa shape index (κ3) is 4.84. The number of benzene rings is 1. The van der Waals surface area contributed by atoms with E-state index in [2.05, 4.69) is 0 Å². The number of carboxylic acids is 1. The monoisotopic (exact) mass is 284 g/mol. The number of unbranched alkanes of at least 4 members (excludes halogenated alkanes) is 1. The van der Waals surface area contributed by atoms with Crippen molar-refractivity contribution >= 4 is 17.6 Å². The topological polar surface area (TPSA) is 57.5 Å². The molecule has 1 aromatic rings. The van der Waals surface area contributed by atoms with Crippen LogP contribution in [0.2, 0.25) is 5.02 Å². The molecule has 3 nitrogen and oxygen atoms in total. The highest BCUT2D eigenvalue weighted by atomic mass is 35.5. The van der Waals surface area contributed by atoms with Crippen molar-refractivity contribution in [3.8, 4) is 0 Å². The number of carboxylic acid groups (broad SMARTS) is 1. The summed E-state index contributed by atoms with van der Waals surface area (Å²) in [5, 5.41) is 20.4. The van der Waals surface area contributed by atoms with Crippen LogP contribution in [0.25, 0.3) is 0 Å². The van der Waals surface area contributed by atoms with Gasteiger partial charge in [-0.1, -0.05) is 43.5 Å². The summed E-state index contributed by atoms with van der Waals surface area (Å²) in [5.74, 6) is -1.68. The van der Waals surface area contributed by atoms with E-state index in [-0.39, 0.29) is 0 Å². The van der Waals surface area contributed by atoms with Crippen molar-refractivity contribution < 1.29 is 15.0 Å². The van der Waals surface area contributed by atoms with Gasteiger partial charge in [0.2, 0.25) is 0 Å². The number of hydrogen-bond acceptors (Lipinski definition) is 2. The summed E-state index contributed by atoms with van der Waals surface area (Å²) in [6, 6.07) is 7.12. The Labute approximate surface area is 119 Å². The summed E-state index contributed by atoms with van der Waals surface area (Å²) in [7, 11) is 0. The van der Waals surface area contributed by atoms with Gasteiger partial charge in [0, 0.05) is 11.4 Å². The lowest BCUT2D eigenvalue weighted by Gasteiger charge is -2.30. The van der Waals surface area contributed by atoms with Gasteiger partial charge in [-0.3, -0.25) is 4.79 Å². The molecule has 106 valence electrons. The summed E-state index contributed by atoms with van der Waals surface area (Å²) >= 11 is 5.81. The smallest absolute Gasteiger partial charge is 0.309 e. The molecular formula is C15H21ClO3. The molecule has 4 heteroatoms. The standard InChI is InChI=1S/C15H21ClO3/c1-3-4-5-13(14(17)18)15(2,19)10-11-6-8-12(16)9-7-11/h6-9,13,19H,3-5,10H2,1-2H3,(H,17,18). The molecule has 0 aliphatic carbocycles. The van der Waals surface area contributed by atoms with Gasteiger partial charge in [0.1, 0.15) is 0 Å². The van der Waals surface area contributed by atoms with Crippen LogP contribution in [0.15, 0.2) is 24.3 Å². The third-order valence-electron chi connectivity index (χ3n) is 3.37. The third-order valence-corrected chi connectivity index (χ3v) is 3.62. The predicted molar refractivity (Wildman–Crippen MR) is 76.4 cm³/mol. The molecule has 2 N–H and O–H groups in total. The summed E-state index contributed by atoms with van der Waals surface area (Å²) in [6.07, 6.45) is 2.52. The second-order valence-electron chi connectivity index (χ2n) is 5.19. The zero-order valence-electron chi connectivity index (χ0n) is 11.4. The maximum Gasteiger partial charge on any atom is 0.309 e. The van der Waals surface area contributed by atoms with E-state index in [4.69, 9.17) is 11.6 Å². The molecule has 1 rings (SSSR count). The molecule has 0 saturated heterocycles. The van der Waals surface area contributed by atoms with Crippen LogP contribution in [-0.4, -0.2) is 21.8 Å². The highest BCUT2D eigenvalue weighted by molar-refractivity contribution is 6.30. The molecular weight excluding hydrogens is 264 g/mol. The van der Waals surface area contributed by atoms with E-state index in [1.54, 1.807) is 19.1 Å². The molecule has 0 radical (unpaired) electrons. The second kappa shape index (κ2) is 6.92. The van der Waals surface area contributed by atoms with Crippen LogP contribution in [0.4, 0.5) is 0 Å². The highest BCUT2D eigenvalue weighted by Crippen LogP contribution is 2.27. The molecule has 2 unspecified atom stereocenters. The molecule has 19 heavy (non-hydrogen) atoms. The Hall–Kier alpha value is -1.06. The quantitative estimate of drug-likeness (QED) is 0.805. The van der Waals surface area contributed by atoms with Crippen LogP contribution < -0.4 is 0 Å². The summed E-state index contributed by atoms with van der Waals surface area (Å²) in [5.41, 5.74) is -0.369. The molecule has 0 amide bonds. The van der Waals surface area contributed by atoms with Crippen molar-refractivity contribution in [3.05, 3.63) is 34.9 Å². The zero-order valence-corrected chi connectivity index (χ0v) is 12.2. The van der Waals surface area contributed by atoms with Crippen LogP contribution in [-0.2, 0) is 11.2 Å². The predicted octanol–water partition coefficient (Wildman–Crippen LogP) is 3.52. The average molecular weight is 285 g/mol. The lowest BCUT2D eigenvalue weighted by Crippen LogP contribution is -2.41. The lowest BCUT2D eigenvalue weighted by molar-refractivity contribution is -0.151. The molecule has 1 aromatic carbocycles. The number of aliphatic hydroxyl groups is 1.